The molecule has 1 fully saturated rings. The SMILES string of the molecule is CCCCOc1cccc(CN2C(=O)N(Cc3cccc(C(N)=O)c3)[C@H](Cc3ccccc3)[C@H](O)[C@H]2CCc2ccccc2)c1. The van der Waals surface area contributed by atoms with Crippen molar-refractivity contribution >= 4 is 11.9 Å². The van der Waals surface area contributed by atoms with Crippen LogP contribution in [0, 0.1) is 0 Å². The summed E-state index contributed by atoms with van der Waals surface area (Å²) in [6, 6.07) is 34.0. The highest BCUT2D eigenvalue weighted by Crippen LogP contribution is 2.31. The number of hydrogen-bond acceptors (Lipinski definition) is 4. The van der Waals surface area contributed by atoms with Crippen molar-refractivity contribution in [1.29, 1.82) is 0 Å². The zero-order chi connectivity index (χ0) is 31.6. The van der Waals surface area contributed by atoms with Crippen molar-refractivity contribution in [3.8, 4) is 5.75 Å². The molecule has 4 aromatic carbocycles. The third kappa shape index (κ3) is 8.31. The quantitative estimate of drug-likeness (QED) is 0.163. The summed E-state index contributed by atoms with van der Waals surface area (Å²) in [4.78, 5) is 30.2. The van der Waals surface area contributed by atoms with Crippen molar-refractivity contribution in [3.63, 3.8) is 0 Å². The van der Waals surface area contributed by atoms with Gasteiger partial charge in [-0.2, -0.15) is 0 Å². The Hall–Kier alpha value is -4.62. The largest absolute Gasteiger partial charge is 0.494 e. The number of primary amides is 1. The van der Waals surface area contributed by atoms with Gasteiger partial charge in [-0.15, -0.1) is 0 Å². The average Bonchev–Trinajstić information content (AvgIpc) is 3.06. The van der Waals surface area contributed by atoms with Crippen molar-refractivity contribution < 1.29 is 19.4 Å². The van der Waals surface area contributed by atoms with Crippen LogP contribution in [0.1, 0.15) is 58.8 Å². The molecule has 5 rings (SSSR count). The van der Waals surface area contributed by atoms with Crippen LogP contribution in [0.25, 0.3) is 0 Å². The van der Waals surface area contributed by atoms with Crippen LogP contribution in [-0.4, -0.2) is 51.6 Å². The molecule has 45 heavy (non-hydrogen) atoms. The van der Waals surface area contributed by atoms with E-state index in [-0.39, 0.29) is 12.6 Å². The molecule has 0 unspecified atom stereocenters. The third-order valence-electron chi connectivity index (χ3n) is 8.52. The molecule has 3 N–H and O–H groups in total. The number of carbonyl (C=O) groups is 2. The number of ether oxygens (including phenoxy) is 1. The lowest BCUT2D eigenvalue weighted by Gasteiger charge is -2.49. The summed E-state index contributed by atoms with van der Waals surface area (Å²) in [6.07, 6.45) is 3.03. The number of benzene rings is 4. The van der Waals surface area contributed by atoms with Crippen molar-refractivity contribution in [2.75, 3.05) is 6.61 Å². The fourth-order valence-electron chi connectivity index (χ4n) is 6.10. The lowest BCUT2D eigenvalue weighted by atomic mass is 9.88. The van der Waals surface area contributed by atoms with E-state index in [0.29, 0.717) is 31.6 Å². The van der Waals surface area contributed by atoms with Gasteiger partial charge in [0, 0.05) is 18.7 Å². The molecular weight excluding hydrogens is 562 g/mol. The highest BCUT2D eigenvalue weighted by atomic mass is 16.5. The summed E-state index contributed by atoms with van der Waals surface area (Å²) in [6.45, 7) is 3.33. The van der Waals surface area contributed by atoms with Crippen molar-refractivity contribution in [1.82, 2.24) is 9.80 Å². The highest BCUT2D eigenvalue weighted by molar-refractivity contribution is 5.92. The number of unbranched alkanes of at least 4 members (excludes halogenated alkanes) is 1. The van der Waals surface area contributed by atoms with E-state index in [1.165, 1.54) is 0 Å². The Kier molecular flexibility index (Phi) is 10.9. The number of nitrogens with two attached hydrogens (primary N) is 1. The van der Waals surface area contributed by atoms with Gasteiger partial charge in [0.15, 0.2) is 0 Å². The van der Waals surface area contributed by atoms with E-state index in [2.05, 4.69) is 19.1 Å². The van der Waals surface area contributed by atoms with Gasteiger partial charge in [0.1, 0.15) is 5.75 Å². The smallest absolute Gasteiger partial charge is 0.321 e. The summed E-state index contributed by atoms with van der Waals surface area (Å²) in [5, 5.41) is 12.2. The van der Waals surface area contributed by atoms with Crippen molar-refractivity contribution in [3.05, 3.63) is 137 Å². The van der Waals surface area contributed by atoms with Gasteiger partial charge in [0.05, 0.1) is 24.8 Å². The molecule has 0 aliphatic carbocycles. The molecule has 7 heteroatoms. The predicted molar refractivity (Wildman–Crippen MR) is 177 cm³/mol. The van der Waals surface area contributed by atoms with Gasteiger partial charge < -0.3 is 25.4 Å². The van der Waals surface area contributed by atoms with Gasteiger partial charge in [-0.3, -0.25) is 4.79 Å². The highest BCUT2D eigenvalue weighted by Gasteiger charge is 2.45. The van der Waals surface area contributed by atoms with Crippen LogP contribution in [0.5, 0.6) is 5.75 Å². The molecule has 1 heterocycles. The molecule has 0 saturated carbocycles. The van der Waals surface area contributed by atoms with Crippen LogP contribution < -0.4 is 10.5 Å². The van der Waals surface area contributed by atoms with Crippen molar-refractivity contribution in [2.45, 2.75) is 70.3 Å². The number of urea groups is 1. The topological polar surface area (TPSA) is 96.1 Å². The molecule has 4 aromatic rings. The lowest BCUT2D eigenvalue weighted by Crippen LogP contribution is -2.66. The van der Waals surface area contributed by atoms with Crippen molar-refractivity contribution in [2.24, 2.45) is 5.73 Å². The summed E-state index contributed by atoms with van der Waals surface area (Å²) in [5.41, 5.74) is 9.87. The van der Waals surface area contributed by atoms with Gasteiger partial charge in [0.2, 0.25) is 5.91 Å². The first-order valence-corrected chi connectivity index (χ1v) is 15.9. The van der Waals surface area contributed by atoms with Gasteiger partial charge in [-0.05, 0) is 72.2 Å². The monoisotopic (exact) mass is 605 g/mol. The number of amides is 3. The maximum absolute atomic E-state index is 14.6. The molecule has 1 aliphatic rings. The number of hydrogen-bond donors (Lipinski definition) is 2. The Morgan fingerprint density at radius 2 is 1.38 bits per heavy atom. The van der Waals surface area contributed by atoms with Crippen LogP contribution in [0.2, 0.25) is 0 Å². The average molecular weight is 606 g/mol. The second-order valence-corrected chi connectivity index (χ2v) is 11.8. The molecule has 7 nitrogen and oxygen atoms in total. The molecular formula is C38H43N3O4. The number of nitrogens with zero attached hydrogens (tertiary/aromatic N) is 2. The number of aliphatic hydroxyl groups excluding tert-OH is 1. The minimum Gasteiger partial charge on any atom is -0.494 e. The Labute approximate surface area is 266 Å². The predicted octanol–water partition coefficient (Wildman–Crippen LogP) is 6.38. The first-order chi connectivity index (χ1) is 21.9. The van der Waals surface area contributed by atoms with Crippen LogP contribution in [0.4, 0.5) is 4.79 Å². The maximum Gasteiger partial charge on any atom is 0.321 e. The van der Waals surface area contributed by atoms with E-state index in [1.807, 2.05) is 83.8 Å². The lowest BCUT2D eigenvalue weighted by molar-refractivity contribution is -0.0453. The number of aliphatic hydroxyl groups is 1. The summed E-state index contributed by atoms with van der Waals surface area (Å²) in [5.74, 6) is 0.250. The molecule has 1 saturated heterocycles. The summed E-state index contributed by atoms with van der Waals surface area (Å²) < 4.78 is 5.97. The summed E-state index contributed by atoms with van der Waals surface area (Å²) in [7, 11) is 0. The minimum atomic E-state index is -0.824. The fourth-order valence-corrected chi connectivity index (χ4v) is 6.10. The first kappa shape index (κ1) is 31.8. The third-order valence-corrected chi connectivity index (χ3v) is 8.52. The molecule has 234 valence electrons. The van der Waals surface area contributed by atoms with Gasteiger partial charge in [0.25, 0.3) is 0 Å². The van der Waals surface area contributed by atoms with Gasteiger partial charge in [-0.1, -0.05) is 98.3 Å². The maximum atomic E-state index is 14.6. The van der Waals surface area contributed by atoms with E-state index in [9.17, 15) is 14.7 Å². The van der Waals surface area contributed by atoms with E-state index in [0.717, 1.165) is 47.3 Å². The van der Waals surface area contributed by atoms with E-state index >= 15 is 0 Å². The van der Waals surface area contributed by atoms with E-state index in [4.69, 9.17) is 10.5 Å². The molecule has 0 bridgehead atoms. The first-order valence-electron chi connectivity index (χ1n) is 15.9. The van der Waals surface area contributed by atoms with E-state index in [1.54, 1.807) is 23.1 Å². The Balaban J connectivity index is 1.49. The van der Waals surface area contributed by atoms with Crippen LogP contribution in [-0.2, 0) is 25.9 Å². The van der Waals surface area contributed by atoms with Gasteiger partial charge >= 0.3 is 6.03 Å². The van der Waals surface area contributed by atoms with Crippen LogP contribution in [0.15, 0.2) is 109 Å². The molecule has 3 atom stereocenters. The molecule has 0 spiro atoms. The number of carbonyl (C=O) groups excluding carboxylic acids is 2. The van der Waals surface area contributed by atoms with Crippen LogP contribution >= 0.6 is 0 Å². The molecule has 0 radical (unpaired) electrons. The van der Waals surface area contributed by atoms with Crippen LogP contribution in [0.3, 0.4) is 0 Å². The molecule has 0 aromatic heterocycles. The molecule has 3 amide bonds. The zero-order valence-corrected chi connectivity index (χ0v) is 25.9. The van der Waals surface area contributed by atoms with Gasteiger partial charge in [-0.25, -0.2) is 4.79 Å². The number of rotatable bonds is 14. The summed E-state index contributed by atoms with van der Waals surface area (Å²) >= 11 is 0. The Morgan fingerprint density at radius 3 is 2.04 bits per heavy atom. The second kappa shape index (κ2) is 15.4. The normalized spacial score (nSPS) is 18.2. The number of aryl methyl sites for hydroxylation is 1. The minimum absolute atomic E-state index is 0.152. The zero-order valence-electron chi connectivity index (χ0n) is 25.9. The fraction of sp³-hybridized carbons (Fsp3) is 0.316. The Morgan fingerprint density at radius 1 is 0.778 bits per heavy atom. The Bertz CT molecular complexity index is 1550. The molecule has 1 aliphatic heterocycles. The standard InChI is InChI=1S/C38H43N3O4/c1-2-3-22-45-33-19-11-17-31(24-33)27-40-34(21-20-28-12-6-4-7-13-28)36(42)35(25-29-14-8-5-9-15-29)41(38(40)44)26-30-16-10-18-32(23-30)37(39)43/h4-19,23-24,34-36,42H,2-3,20-22,25-27H2,1H3,(H2,39,43)/t34-,35-,36-/m1/s1. The van der Waals surface area contributed by atoms with E-state index < -0.39 is 24.1 Å². The second-order valence-electron chi connectivity index (χ2n) is 11.8.